The molecule has 0 amide bonds. The fraction of sp³-hybridized carbons (Fsp3) is 0.259. The molecule has 0 atom stereocenters. The quantitative estimate of drug-likeness (QED) is 0.271. The highest BCUT2D eigenvalue weighted by Gasteiger charge is 2.13. The molecular weight excluding hydrogens is 506 g/mol. The van der Waals surface area contributed by atoms with Crippen LogP contribution in [0.2, 0.25) is 0 Å². The molecule has 4 aromatic heterocycles. The van der Waals surface area contributed by atoms with Crippen molar-refractivity contribution in [3.63, 3.8) is 0 Å². The highest BCUT2D eigenvalue weighted by Crippen LogP contribution is 2.27. The average molecular weight is 536 g/mol. The van der Waals surface area contributed by atoms with Gasteiger partial charge in [-0.15, -0.1) is 20.4 Å². The normalized spacial score (nSPS) is 11.6. The standard InChI is InChI=1S/C27H29N13/c1-17(2)39-34-25(32-36-39)19-7-5-9-22(13-19)28-15-21-11-12-38-24(21)27(29-16-30-38)31-23-10-6-8-20(14-23)26-33-37-40(35-26)18(3)4/h5-14,16-18,28H,15H2,1-4H3,(H,29,30,31). The van der Waals surface area contributed by atoms with Gasteiger partial charge in [-0.2, -0.15) is 14.7 Å². The van der Waals surface area contributed by atoms with Gasteiger partial charge in [-0.3, -0.25) is 0 Å². The maximum Gasteiger partial charge on any atom is 0.205 e. The second-order valence-electron chi connectivity index (χ2n) is 9.94. The zero-order valence-corrected chi connectivity index (χ0v) is 22.6. The van der Waals surface area contributed by atoms with Crippen LogP contribution in [-0.2, 0) is 6.54 Å². The number of hydrogen-bond donors (Lipinski definition) is 2. The van der Waals surface area contributed by atoms with E-state index in [1.165, 1.54) is 6.33 Å². The third-order valence-corrected chi connectivity index (χ3v) is 6.30. The largest absolute Gasteiger partial charge is 0.381 e. The summed E-state index contributed by atoms with van der Waals surface area (Å²) < 4.78 is 1.82. The first-order chi connectivity index (χ1) is 19.4. The van der Waals surface area contributed by atoms with Crippen molar-refractivity contribution < 1.29 is 0 Å². The molecule has 0 spiro atoms. The number of nitrogens with zero attached hydrogens (tertiary/aromatic N) is 11. The number of hydrogen-bond acceptors (Lipinski definition) is 10. The van der Waals surface area contributed by atoms with E-state index in [0.717, 1.165) is 33.6 Å². The first-order valence-electron chi connectivity index (χ1n) is 13.1. The van der Waals surface area contributed by atoms with Crippen LogP contribution in [0.3, 0.4) is 0 Å². The summed E-state index contributed by atoms with van der Waals surface area (Å²) in [6, 6.07) is 18.2. The van der Waals surface area contributed by atoms with E-state index in [0.29, 0.717) is 24.0 Å². The topological polar surface area (TPSA) is 141 Å². The summed E-state index contributed by atoms with van der Waals surface area (Å²) in [7, 11) is 0. The van der Waals surface area contributed by atoms with E-state index in [4.69, 9.17) is 0 Å². The van der Waals surface area contributed by atoms with Crippen molar-refractivity contribution >= 4 is 22.7 Å². The van der Waals surface area contributed by atoms with Crippen LogP contribution in [-0.4, -0.2) is 55.0 Å². The summed E-state index contributed by atoms with van der Waals surface area (Å²) in [5, 5.41) is 37.0. The van der Waals surface area contributed by atoms with Gasteiger partial charge in [0.15, 0.2) is 5.82 Å². The molecule has 2 N–H and O–H groups in total. The van der Waals surface area contributed by atoms with Gasteiger partial charge in [0, 0.05) is 40.8 Å². The van der Waals surface area contributed by atoms with Crippen molar-refractivity contribution in [1.29, 1.82) is 0 Å². The molecule has 4 heterocycles. The lowest BCUT2D eigenvalue weighted by molar-refractivity contribution is 0.455. The Morgan fingerprint density at radius 1 is 0.775 bits per heavy atom. The monoisotopic (exact) mass is 535 g/mol. The molecule has 13 nitrogen and oxygen atoms in total. The minimum Gasteiger partial charge on any atom is -0.381 e. The highest BCUT2D eigenvalue weighted by molar-refractivity contribution is 5.78. The number of nitrogens with one attached hydrogen (secondary N) is 2. The predicted octanol–water partition coefficient (Wildman–Crippen LogP) is 4.55. The fourth-order valence-electron chi connectivity index (χ4n) is 4.21. The highest BCUT2D eigenvalue weighted by atomic mass is 15.6. The maximum atomic E-state index is 4.55. The van der Waals surface area contributed by atoms with Crippen LogP contribution in [0.15, 0.2) is 67.1 Å². The minimum atomic E-state index is 0.137. The number of anilines is 3. The molecular formula is C27H29N13. The SMILES string of the molecule is CC(C)n1nnc(-c2cccc(NCc3ccn4ncnc(Nc5cccc(-c6nnn(C(C)C)n6)c5)c34)c2)n1. The Bertz CT molecular complexity index is 1760. The summed E-state index contributed by atoms with van der Waals surface area (Å²) in [5.74, 6) is 1.86. The van der Waals surface area contributed by atoms with Crippen LogP contribution >= 0.6 is 0 Å². The van der Waals surface area contributed by atoms with Gasteiger partial charge in [-0.25, -0.2) is 9.50 Å². The van der Waals surface area contributed by atoms with Crippen LogP contribution in [0.5, 0.6) is 0 Å². The lowest BCUT2D eigenvalue weighted by atomic mass is 10.1. The summed E-state index contributed by atoms with van der Waals surface area (Å²) >= 11 is 0. The number of rotatable bonds is 9. The van der Waals surface area contributed by atoms with Crippen LogP contribution < -0.4 is 10.6 Å². The van der Waals surface area contributed by atoms with E-state index in [1.807, 2.05) is 93.0 Å². The second kappa shape index (κ2) is 10.5. The van der Waals surface area contributed by atoms with Gasteiger partial charge in [-0.1, -0.05) is 24.3 Å². The van der Waals surface area contributed by atoms with Gasteiger partial charge >= 0.3 is 0 Å². The van der Waals surface area contributed by atoms with Crippen molar-refractivity contribution in [2.75, 3.05) is 10.6 Å². The van der Waals surface area contributed by atoms with E-state index in [1.54, 1.807) is 9.59 Å². The zero-order chi connectivity index (χ0) is 27.6. The van der Waals surface area contributed by atoms with E-state index in [-0.39, 0.29) is 12.1 Å². The van der Waals surface area contributed by atoms with Gasteiger partial charge in [-0.05, 0) is 68.5 Å². The van der Waals surface area contributed by atoms with Crippen molar-refractivity contribution in [3.8, 4) is 22.8 Å². The first-order valence-corrected chi connectivity index (χ1v) is 13.1. The number of benzene rings is 2. The first kappa shape index (κ1) is 25.1. The molecule has 0 radical (unpaired) electrons. The molecule has 0 saturated carbocycles. The van der Waals surface area contributed by atoms with Crippen molar-refractivity contribution in [3.05, 3.63) is 72.7 Å². The van der Waals surface area contributed by atoms with E-state index in [9.17, 15) is 0 Å². The van der Waals surface area contributed by atoms with Crippen LogP contribution in [0.1, 0.15) is 45.3 Å². The summed E-state index contributed by atoms with van der Waals surface area (Å²) in [5.41, 5.74) is 5.47. The van der Waals surface area contributed by atoms with E-state index < -0.39 is 0 Å². The zero-order valence-electron chi connectivity index (χ0n) is 22.6. The Hall–Kier alpha value is -5.20. The van der Waals surface area contributed by atoms with E-state index >= 15 is 0 Å². The van der Waals surface area contributed by atoms with Gasteiger partial charge in [0.1, 0.15) is 11.8 Å². The van der Waals surface area contributed by atoms with Gasteiger partial charge in [0.25, 0.3) is 0 Å². The molecule has 0 fully saturated rings. The van der Waals surface area contributed by atoms with Crippen molar-refractivity contribution in [1.82, 2.24) is 55.0 Å². The Kier molecular flexibility index (Phi) is 6.60. The van der Waals surface area contributed by atoms with Gasteiger partial charge in [0.2, 0.25) is 11.6 Å². The third-order valence-electron chi connectivity index (χ3n) is 6.30. The summed E-state index contributed by atoms with van der Waals surface area (Å²) in [6.07, 6.45) is 3.46. The van der Waals surface area contributed by atoms with Crippen LogP contribution in [0, 0.1) is 0 Å². The molecule has 2 aromatic carbocycles. The average Bonchev–Trinajstić information content (AvgIpc) is 3.73. The molecule has 202 valence electrons. The molecule has 0 bridgehead atoms. The molecule has 0 aliphatic carbocycles. The Labute approximate surface area is 230 Å². The summed E-state index contributed by atoms with van der Waals surface area (Å²) in [6.45, 7) is 8.64. The Morgan fingerprint density at radius 3 is 2.02 bits per heavy atom. The number of aromatic nitrogens is 11. The second-order valence-corrected chi connectivity index (χ2v) is 9.94. The lowest BCUT2D eigenvalue weighted by Gasteiger charge is -2.11. The summed E-state index contributed by atoms with van der Waals surface area (Å²) in [4.78, 5) is 7.76. The van der Waals surface area contributed by atoms with Gasteiger partial charge in [0.05, 0.1) is 12.1 Å². The minimum absolute atomic E-state index is 0.137. The third kappa shape index (κ3) is 5.08. The number of fused-ring (bicyclic) bond motifs is 1. The molecule has 40 heavy (non-hydrogen) atoms. The Morgan fingerprint density at radius 2 is 1.40 bits per heavy atom. The van der Waals surface area contributed by atoms with Crippen molar-refractivity contribution in [2.45, 2.75) is 46.3 Å². The van der Waals surface area contributed by atoms with E-state index in [2.05, 4.69) is 51.5 Å². The van der Waals surface area contributed by atoms with Gasteiger partial charge < -0.3 is 10.6 Å². The van der Waals surface area contributed by atoms with Crippen LogP contribution in [0.25, 0.3) is 28.3 Å². The van der Waals surface area contributed by atoms with Crippen molar-refractivity contribution in [2.24, 2.45) is 0 Å². The maximum absolute atomic E-state index is 4.55. The smallest absolute Gasteiger partial charge is 0.205 e. The molecule has 6 aromatic rings. The number of tetrazole rings is 2. The molecule has 0 unspecified atom stereocenters. The fourth-order valence-corrected chi connectivity index (χ4v) is 4.21. The molecule has 13 heteroatoms. The predicted molar refractivity (Wildman–Crippen MR) is 151 cm³/mol. The van der Waals surface area contributed by atoms with Crippen LogP contribution in [0.4, 0.5) is 17.2 Å². The molecule has 0 saturated heterocycles. The molecule has 0 aliphatic rings. The molecule has 6 rings (SSSR count). The molecule has 0 aliphatic heterocycles. The lowest BCUT2D eigenvalue weighted by Crippen LogP contribution is -2.05. The Balaban J connectivity index is 1.22.